The molecule has 1 amide bonds. The van der Waals surface area contributed by atoms with E-state index in [1.165, 1.54) is 35.2 Å². The molecule has 0 radical (unpaired) electrons. The fraction of sp³-hybridized carbons (Fsp3) is 0.273. The Kier molecular flexibility index (Phi) is 7.23. The summed E-state index contributed by atoms with van der Waals surface area (Å²) in [4.78, 5) is 16.7. The molecule has 0 aliphatic heterocycles. The molecule has 0 aliphatic carbocycles. The number of benzene rings is 2. The van der Waals surface area contributed by atoms with Crippen molar-refractivity contribution in [2.24, 2.45) is 0 Å². The van der Waals surface area contributed by atoms with Crippen LogP contribution >= 0.6 is 11.3 Å². The Labute approximate surface area is 181 Å². The fourth-order valence-corrected chi connectivity index (χ4v) is 5.18. The lowest BCUT2D eigenvalue weighted by atomic mass is 10.0. The number of sulfonamides is 1. The van der Waals surface area contributed by atoms with Gasteiger partial charge in [0.05, 0.1) is 4.90 Å². The maximum atomic E-state index is 13.1. The van der Waals surface area contributed by atoms with Crippen LogP contribution in [0.4, 0.5) is 5.13 Å². The van der Waals surface area contributed by atoms with Crippen molar-refractivity contribution in [2.45, 2.75) is 31.1 Å². The molecule has 0 saturated heterocycles. The summed E-state index contributed by atoms with van der Waals surface area (Å²) < 4.78 is 27.2. The molecule has 0 atom stereocenters. The normalized spacial score (nSPS) is 11.4. The van der Waals surface area contributed by atoms with Crippen LogP contribution in [0.1, 0.15) is 30.9 Å². The number of anilines is 1. The number of carbonyl (C=O) groups is 1. The SMILES string of the molecule is CC(C)c1ccc(CCNC(=O)CN(c2nccs2)S(=O)(=O)c2ccccc2)cc1. The second-order valence-electron chi connectivity index (χ2n) is 7.14. The summed E-state index contributed by atoms with van der Waals surface area (Å²) >= 11 is 1.17. The van der Waals surface area contributed by atoms with Crippen LogP contribution in [0.15, 0.2) is 71.1 Å². The molecule has 6 nitrogen and oxygen atoms in total. The minimum Gasteiger partial charge on any atom is -0.354 e. The van der Waals surface area contributed by atoms with Gasteiger partial charge >= 0.3 is 0 Å². The number of carbonyl (C=O) groups excluding carboxylic acids is 1. The minimum atomic E-state index is -3.89. The molecule has 2 aromatic carbocycles. The highest BCUT2D eigenvalue weighted by atomic mass is 32.2. The van der Waals surface area contributed by atoms with E-state index in [4.69, 9.17) is 0 Å². The van der Waals surface area contributed by atoms with Crippen molar-refractivity contribution < 1.29 is 13.2 Å². The monoisotopic (exact) mass is 443 g/mol. The summed E-state index contributed by atoms with van der Waals surface area (Å²) in [6.45, 7) is 4.40. The molecule has 30 heavy (non-hydrogen) atoms. The molecule has 3 rings (SSSR count). The highest BCUT2D eigenvalue weighted by Crippen LogP contribution is 2.25. The largest absolute Gasteiger partial charge is 0.354 e. The van der Waals surface area contributed by atoms with Crippen molar-refractivity contribution in [3.8, 4) is 0 Å². The predicted molar refractivity (Wildman–Crippen MR) is 120 cm³/mol. The Morgan fingerprint density at radius 1 is 1.10 bits per heavy atom. The third kappa shape index (κ3) is 5.46. The zero-order valence-electron chi connectivity index (χ0n) is 17.0. The van der Waals surface area contributed by atoms with Crippen molar-refractivity contribution in [2.75, 3.05) is 17.4 Å². The van der Waals surface area contributed by atoms with Gasteiger partial charge in [0.2, 0.25) is 5.91 Å². The second-order valence-corrected chi connectivity index (χ2v) is 9.87. The molecule has 0 fully saturated rings. The van der Waals surface area contributed by atoms with Gasteiger partial charge < -0.3 is 5.32 Å². The number of aromatic nitrogens is 1. The van der Waals surface area contributed by atoms with Crippen LogP contribution in [-0.2, 0) is 21.2 Å². The Morgan fingerprint density at radius 3 is 2.40 bits per heavy atom. The van der Waals surface area contributed by atoms with E-state index in [1.807, 2.05) is 0 Å². The van der Waals surface area contributed by atoms with Gasteiger partial charge in [0.25, 0.3) is 10.0 Å². The van der Waals surface area contributed by atoms with Gasteiger partial charge in [-0.25, -0.2) is 17.7 Å². The van der Waals surface area contributed by atoms with Crippen molar-refractivity contribution in [1.82, 2.24) is 10.3 Å². The van der Waals surface area contributed by atoms with E-state index >= 15 is 0 Å². The molecule has 0 spiro atoms. The number of hydrogen-bond acceptors (Lipinski definition) is 5. The van der Waals surface area contributed by atoms with E-state index in [0.29, 0.717) is 18.9 Å². The first-order valence-corrected chi connectivity index (χ1v) is 12.0. The third-order valence-electron chi connectivity index (χ3n) is 4.63. The topological polar surface area (TPSA) is 79.4 Å². The van der Waals surface area contributed by atoms with Crippen molar-refractivity contribution in [3.05, 3.63) is 77.3 Å². The van der Waals surface area contributed by atoms with Crippen LogP contribution in [0, 0.1) is 0 Å². The molecule has 3 aromatic rings. The number of rotatable bonds is 9. The van der Waals surface area contributed by atoms with Gasteiger partial charge in [0.15, 0.2) is 5.13 Å². The highest BCUT2D eigenvalue weighted by molar-refractivity contribution is 7.93. The average Bonchev–Trinajstić information content (AvgIpc) is 3.27. The molecule has 8 heteroatoms. The van der Waals surface area contributed by atoms with Gasteiger partial charge in [-0.15, -0.1) is 11.3 Å². The van der Waals surface area contributed by atoms with E-state index in [0.717, 1.165) is 9.87 Å². The van der Waals surface area contributed by atoms with E-state index < -0.39 is 10.0 Å². The number of nitrogens with zero attached hydrogens (tertiary/aromatic N) is 2. The zero-order valence-corrected chi connectivity index (χ0v) is 18.6. The fourth-order valence-electron chi connectivity index (χ4n) is 2.92. The van der Waals surface area contributed by atoms with E-state index in [-0.39, 0.29) is 22.5 Å². The van der Waals surface area contributed by atoms with Crippen molar-refractivity contribution in [1.29, 1.82) is 0 Å². The maximum Gasteiger partial charge on any atom is 0.266 e. The summed E-state index contributed by atoms with van der Waals surface area (Å²) in [5.41, 5.74) is 2.39. The number of thiazole rings is 1. The molecule has 158 valence electrons. The molecular formula is C22H25N3O3S2. The van der Waals surface area contributed by atoms with Crippen LogP contribution < -0.4 is 9.62 Å². The van der Waals surface area contributed by atoms with Gasteiger partial charge in [0.1, 0.15) is 6.54 Å². The first-order chi connectivity index (χ1) is 14.4. The summed E-state index contributed by atoms with van der Waals surface area (Å²) in [5, 5.41) is 4.76. The van der Waals surface area contributed by atoms with Gasteiger partial charge in [0, 0.05) is 18.1 Å². The number of amides is 1. The van der Waals surface area contributed by atoms with Gasteiger partial charge in [-0.05, 0) is 35.6 Å². The molecule has 0 unspecified atom stereocenters. The van der Waals surface area contributed by atoms with E-state index in [2.05, 4.69) is 48.4 Å². The lowest BCUT2D eigenvalue weighted by molar-refractivity contribution is -0.119. The lowest BCUT2D eigenvalue weighted by Gasteiger charge is -2.21. The van der Waals surface area contributed by atoms with Crippen molar-refractivity contribution >= 4 is 32.4 Å². The Morgan fingerprint density at radius 2 is 1.80 bits per heavy atom. The minimum absolute atomic E-state index is 0.123. The Balaban J connectivity index is 1.64. The summed E-state index contributed by atoms with van der Waals surface area (Å²) in [5.74, 6) is 0.102. The van der Waals surface area contributed by atoms with Crippen LogP contribution in [0.2, 0.25) is 0 Å². The average molecular weight is 444 g/mol. The van der Waals surface area contributed by atoms with E-state index in [1.54, 1.807) is 23.6 Å². The zero-order chi connectivity index (χ0) is 21.6. The standard InChI is InChI=1S/C22H25N3O3S2/c1-17(2)19-10-8-18(9-11-19)12-13-23-21(26)16-25(22-24-14-15-29-22)30(27,28)20-6-4-3-5-7-20/h3-11,14-15,17H,12-13,16H2,1-2H3,(H,23,26). The quantitative estimate of drug-likeness (QED) is 0.545. The summed E-state index contributed by atoms with van der Waals surface area (Å²) in [6.07, 6.45) is 2.19. The molecule has 1 heterocycles. The Hall–Kier alpha value is -2.71. The van der Waals surface area contributed by atoms with Crippen LogP contribution in [0.3, 0.4) is 0 Å². The number of nitrogens with one attached hydrogen (secondary N) is 1. The Bertz CT molecular complexity index is 1050. The van der Waals surface area contributed by atoms with Crippen molar-refractivity contribution in [3.63, 3.8) is 0 Å². The van der Waals surface area contributed by atoms with Crippen LogP contribution in [0.5, 0.6) is 0 Å². The van der Waals surface area contributed by atoms with Gasteiger partial charge in [-0.1, -0.05) is 56.3 Å². The number of hydrogen-bond donors (Lipinski definition) is 1. The third-order valence-corrected chi connectivity index (χ3v) is 7.29. The van der Waals surface area contributed by atoms with Gasteiger partial charge in [-0.2, -0.15) is 0 Å². The smallest absolute Gasteiger partial charge is 0.266 e. The lowest BCUT2D eigenvalue weighted by Crippen LogP contribution is -2.41. The molecule has 1 aromatic heterocycles. The first-order valence-electron chi connectivity index (χ1n) is 9.71. The van der Waals surface area contributed by atoms with E-state index in [9.17, 15) is 13.2 Å². The molecular weight excluding hydrogens is 418 g/mol. The molecule has 0 aliphatic rings. The summed E-state index contributed by atoms with van der Waals surface area (Å²) in [6, 6.07) is 16.4. The predicted octanol–water partition coefficient (Wildman–Crippen LogP) is 3.82. The first kappa shape index (κ1) is 22.0. The maximum absolute atomic E-state index is 13.1. The highest BCUT2D eigenvalue weighted by Gasteiger charge is 2.28. The second kappa shape index (κ2) is 9.86. The molecule has 0 bridgehead atoms. The molecule has 0 saturated carbocycles. The van der Waals surface area contributed by atoms with Crippen LogP contribution in [-0.4, -0.2) is 32.4 Å². The molecule has 1 N–H and O–H groups in total. The summed E-state index contributed by atoms with van der Waals surface area (Å²) in [7, 11) is -3.89. The van der Waals surface area contributed by atoms with Gasteiger partial charge in [-0.3, -0.25) is 4.79 Å². The van der Waals surface area contributed by atoms with Crippen LogP contribution in [0.25, 0.3) is 0 Å².